The molecule has 0 saturated carbocycles. The number of pyridine rings is 1. The summed E-state index contributed by atoms with van der Waals surface area (Å²) in [5.41, 5.74) is 1.49. The topological polar surface area (TPSA) is 47.0 Å². The van der Waals surface area contributed by atoms with E-state index in [9.17, 15) is 8.42 Å². The molecule has 0 aliphatic rings. The van der Waals surface area contributed by atoms with Gasteiger partial charge in [-0.25, -0.2) is 13.4 Å². The van der Waals surface area contributed by atoms with Crippen LogP contribution in [-0.2, 0) is 9.05 Å². The Labute approximate surface area is 75.8 Å². The van der Waals surface area contributed by atoms with E-state index in [0.717, 1.165) is 5.56 Å². The Hall–Kier alpha value is -0.610. The van der Waals surface area contributed by atoms with Crippen molar-refractivity contribution in [1.82, 2.24) is 4.98 Å². The van der Waals surface area contributed by atoms with Gasteiger partial charge < -0.3 is 0 Å². The number of aryl methyl sites for hydroxylation is 2. The number of hydrogen-bond donors (Lipinski definition) is 0. The molecule has 3 nitrogen and oxygen atoms in total. The molecule has 5 heteroatoms. The van der Waals surface area contributed by atoms with E-state index in [0.29, 0.717) is 5.56 Å². The van der Waals surface area contributed by atoms with Gasteiger partial charge in [-0.1, -0.05) is 6.07 Å². The highest BCUT2D eigenvalue weighted by Gasteiger charge is 2.14. The van der Waals surface area contributed by atoms with Crippen molar-refractivity contribution < 1.29 is 8.42 Å². The molecule has 0 amide bonds. The molecule has 0 spiro atoms. The third-order valence-corrected chi connectivity index (χ3v) is 2.73. The van der Waals surface area contributed by atoms with E-state index in [1.54, 1.807) is 13.0 Å². The minimum Gasteiger partial charge on any atom is -0.243 e. The molecule has 1 aromatic heterocycles. The van der Waals surface area contributed by atoms with Crippen LogP contribution in [0.15, 0.2) is 17.3 Å². The highest BCUT2D eigenvalue weighted by atomic mass is 35.7. The summed E-state index contributed by atoms with van der Waals surface area (Å²) in [5.74, 6) is 0. The van der Waals surface area contributed by atoms with Crippen molar-refractivity contribution in [3.63, 3.8) is 0 Å². The van der Waals surface area contributed by atoms with E-state index in [1.165, 1.54) is 6.20 Å². The van der Waals surface area contributed by atoms with Crippen LogP contribution >= 0.6 is 10.7 Å². The van der Waals surface area contributed by atoms with Crippen molar-refractivity contribution in [3.8, 4) is 0 Å². The van der Waals surface area contributed by atoms with Crippen LogP contribution in [0.5, 0.6) is 0 Å². The number of hydrogen-bond acceptors (Lipinski definition) is 3. The summed E-state index contributed by atoms with van der Waals surface area (Å²) in [6, 6.07) is 1.72. The van der Waals surface area contributed by atoms with E-state index in [2.05, 4.69) is 4.98 Å². The van der Waals surface area contributed by atoms with Crippen LogP contribution in [0.2, 0.25) is 0 Å². The molecule has 0 aromatic carbocycles. The minimum absolute atomic E-state index is 0.0604. The maximum Gasteiger partial charge on any atom is 0.278 e. The Kier molecular flexibility index (Phi) is 2.39. The predicted octanol–water partition coefficient (Wildman–Crippen LogP) is 1.63. The first-order chi connectivity index (χ1) is 5.41. The third kappa shape index (κ3) is 1.95. The quantitative estimate of drug-likeness (QED) is 0.655. The van der Waals surface area contributed by atoms with Crippen LogP contribution in [0, 0.1) is 13.8 Å². The van der Waals surface area contributed by atoms with E-state index in [1.807, 2.05) is 6.92 Å². The Morgan fingerprint density at radius 2 is 2.00 bits per heavy atom. The van der Waals surface area contributed by atoms with Crippen molar-refractivity contribution in [2.75, 3.05) is 0 Å². The van der Waals surface area contributed by atoms with Gasteiger partial charge in [-0.2, -0.15) is 0 Å². The van der Waals surface area contributed by atoms with Crippen molar-refractivity contribution in [2.45, 2.75) is 18.9 Å². The van der Waals surface area contributed by atoms with Crippen molar-refractivity contribution in [1.29, 1.82) is 0 Å². The molecule has 0 unspecified atom stereocenters. The SMILES string of the molecule is Cc1cnc(S(=O)(=O)Cl)c(C)c1. The van der Waals surface area contributed by atoms with Gasteiger partial charge in [0, 0.05) is 16.9 Å². The summed E-state index contributed by atoms with van der Waals surface area (Å²) in [7, 11) is 1.44. The summed E-state index contributed by atoms with van der Waals surface area (Å²) < 4.78 is 21.7. The van der Waals surface area contributed by atoms with Gasteiger partial charge in [0.05, 0.1) is 0 Å². The van der Waals surface area contributed by atoms with Crippen LogP contribution in [0.1, 0.15) is 11.1 Å². The number of rotatable bonds is 1. The molecule has 0 N–H and O–H groups in total. The fourth-order valence-corrected chi connectivity index (χ4v) is 2.06. The van der Waals surface area contributed by atoms with Gasteiger partial charge in [0.25, 0.3) is 9.05 Å². The maximum absolute atomic E-state index is 10.9. The molecule has 1 rings (SSSR count). The Bertz CT molecular complexity index is 400. The Morgan fingerprint density at radius 1 is 1.42 bits per heavy atom. The molecule has 0 saturated heterocycles. The highest BCUT2D eigenvalue weighted by Crippen LogP contribution is 2.16. The smallest absolute Gasteiger partial charge is 0.243 e. The summed E-state index contributed by atoms with van der Waals surface area (Å²) in [4.78, 5) is 3.73. The summed E-state index contributed by atoms with van der Waals surface area (Å²) in [6.07, 6.45) is 1.47. The van der Waals surface area contributed by atoms with Gasteiger partial charge >= 0.3 is 0 Å². The first-order valence-electron chi connectivity index (χ1n) is 3.29. The second-order valence-corrected chi connectivity index (χ2v) is 5.05. The lowest BCUT2D eigenvalue weighted by atomic mass is 10.2. The fourth-order valence-electron chi connectivity index (χ4n) is 0.958. The van der Waals surface area contributed by atoms with E-state index < -0.39 is 9.05 Å². The predicted molar refractivity (Wildman–Crippen MR) is 46.7 cm³/mol. The average Bonchev–Trinajstić information content (AvgIpc) is 1.83. The lowest BCUT2D eigenvalue weighted by molar-refractivity contribution is 0.605. The van der Waals surface area contributed by atoms with Crippen LogP contribution < -0.4 is 0 Å². The molecule has 0 aliphatic heterocycles. The van der Waals surface area contributed by atoms with Gasteiger partial charge in [-0.05, 0) is 25.0 Å². The van der Waals surface area contributed by atoms with Gasteiger partial charge in [0.1, 0.15) is 0 Å². The molecular formula is C7H8ClNO2S. The van der Waals surface area contributed by atoms with Crippen LogP contribution in [0.4, 0.5) is 0 Å². The molecule has 1 heterocycles. The van der Waals surface area contributed by atoms with Crippen molar-refractivity contribution >= 4 is 19.7 Å². The lowest BCUT2D eigenvalue weighted by Crippen LogP contribution is -1.98. The van der Waals surface area contributed by atoms with E-state index in [-0.39, 0.29) is 5.03 Å². The molecule has 66 valence electrons. The second-order valence-electron chi connectivity index (χ2n) is 2.57. The highest BCUT2D eigenvalue weighted by molar-refractivity contribution is 8.13. The molecule has 0 atom stereocenters. The number of aromatic nitrogens is 1. The second kappa shape index (κ2) is 3.03. The fraction of sp³-hybridized carbons (Fsp3) is 0.286. The number of nitrogens with zero attached hydrogens (tertiary/aromatic N) is 1. The average molecular weight is 206 g/mol. The van der Waals surface area contributed by atoms with Gasteiger partial charge in [-0.15, -0.1) is 0 Å². The summed E-state index contributed by atoms with van der Waals surface area (Å²) in [6.45, 7) is 3.50. The lowest BCUT2D eigenvalue weighted by Gasteiger charge is -2.00. The van der Waals surface area contributed by atoms with Crippen molar-refractivity contribution in [2.24, 2.45) is 0 Å². The van der Waals surface area contributed by atoms with E-state index >= 15 is 0 Å². The zero-order chi connectivity index (χ0) is 9.35. The number of halogens is 1. The minimum atomic E-state index is -3.69. The van der Waals surface area contributed by atoms with Crippen LogP contribution in [-0.4, -0.2) is 13.4 Å². The van der Waals surface area contributed by atoms with Crippen LogP contribution in [0.25, 0.3) is 0 Å². The molecule has 0 fully saturated rings. The third-order valence-electron chi connectivity index (χ3n) is 1.40. The van der Waals surface area contributed by atoms with Gasteiger partial charge in [0.2, 0.25) is 0 Å². The molecule has 0 radical (unpaired) electrons. The van der Waals surface area contributed by atoms with Crippen LogP contribution in [0.3, 0.4) is 0 Å². The van der Waals surface area contributed by atoms with Gasteiger partial charge in [-0.3, -0.25) is 0 Å². The van der Waals surface area contributed by atoms with Gasteiger partial charge in [0.15, 0.2) is 5.03 Å². The van der Waals surface area contributed by atoms with Crippen molar-refractivity contribution in [3.05, 3.63) is 23.4 Å². The molecular weight excluding hydrogens is 198 g/mol. The monoisotopic (exact) mass is 205 g/mol. The van der Waals surface area contributed by atoms with E-state index in [4.69, 9.17) is 10.7 Å². The Balaban J connectivity index is 3.39. The first-order valence-corrected chi connectivity index (χ1v) is 5.60. The zero-order valence-electron chi connectivity index (χ0n) is 6.70. The molecule has 0 bridgehead atoms. The largest absolute Gasteiger partial charge is 0.278 e. The maximum atomic E-state index is 10.9. The summed E-state index contributed by atoms with van der Waals surface area (Å²) in [5, 5.41) is -0.0604. The summed E-state index contributed by atoms with van der Waals surface area (Å²) >= 11 is 0. The molecule has 0 aliphatic carbocycles. The normalized spacial score (nSPS) is 11.6. The Morgan fingerprint density at radius 3 is 2.42 bits per heavy atom. The first kappa shape index (κ1) is 9.48. The molecule has 1 aromatic rings. The zero-order valence-corrected chi connectivity index (χ0v) is 8.28. The standard InChI is InChI=1S/C7H8ClNO2S/c1-5-3-6(2)7(9-4-5)12(8,10)11/h3-4H,1-2H3. The molecule has 12 heavy (non-hydrogen) atoms.